The highest BCUT2D eigenvalue weighted by atomic mass is 16.8. The van der Waals surface area contributed by atoms with E-state index in [9.17, 15) is 14.7 Å². The van der Waals surface area contributed by atoms with E-state index in [1.54, 1.807) is 18.2 Å². The Labute approximate surface area is 330 Å². The van der Waals surface area contributed by atoms with Crippen molar-refractivity contribution < 1.29 is 48.4 Å². The number of hydrogen-bond donors (Lipinski definition) is 3. The quantitative estimate of drug-likeness (QED) is 0.0945. The van der Waals surface area contributed by atoms with Crippen LogP contribution in [0.4, 0.5) is 0 Å². The van der Waals surface area contributed by atoms with Gasteiger partial charge in [0.25, 0.3) is 0 Å². The SMILES string of the molecule is CCCCCC1(CCCCC)OC2C3CC4(C(=O)N(C)C(Cc5ccccc5)C(=O)NCCO)C(ON(Cc5ccc(C=COCCO)cc5)C4C(=O)O3)C2O1. The monoisotopic (exact) mass is 777 g/mol. The van der Waals surface area contributed by atoms with Crippen molar-refractivity contribution in [2.75, 3.05) is 33.4 Å². The number of likely N-dealkylation sites (N-methyl/N-ethyl adjacent to an activating group) is 1. The number of nitrogens with zero attached hydrogens (tertiary/aromatic N) is 2. The molecule has 306 valence electrons. The molecular weight excluding hydrogens is 718 g/mol. The van der Waals surface area contributed by atoms with Crippen LogP contribution in [-0.4, -0.2) is 114 Å². The largest absolute Gasteiger partial charge is 0.499 e. The summed E-state index contributed by atoms with van der Waals surface area (Å²) in [5, 5.41) is 22.9. The first-order valence-electron chi connectivity index (χ1n) is 20.4. The first-order valence-corrected chi connectivity index (χ1v) is 20.4. The molecule has 0 aromatic heterocycles. The predicted octanol–water partition coefficient (Wildman–Crippen LogP) is 4.29. The smallest absolute Gasteiger partial charge is 0.327 e. The molecule has 3 N–H and O–H groups in total. The van der Waals surface area contributed by atoms with Crippen LogP contribution in [-0.2, 0) is 51.1 Å². The fraction of sp³-hybridized carbons (Fsp3) is 0.605. The zero-order valence-electron chi connectivity index (χ0n) is 33.0. The minimum Gasteiger partial charge on any atom is -0.499 e. The molecule has 56 heavy (non-hydrogen) atoms. The lowest BCUT2D eigenvalue weighted by molar-refractivity contribution is -0.225. The van der Waals surface area contributed by atoms with E-state index in [2.05, 4.69) is 19.2 Å². The molecule has 6 rings (SSSR count). The van der Waals surface area contributed by atoms with Crippen LogP contribution >= 0.6 is 0 Å². The number of aliphatic hydroxyl groups is 2. The second-order valence-corrected chi connectivity index (χ2v) is 15.5. The van der Waals surface area contributed by atoms with Gasteiger partial charge in [-0.05, 0) is 35.6 Å². The van der Waals surface area contributed by atoms with E-state index in [1.807, 2.05) is 54.6 Å². The van der Waals surface area contributed by atoms with Gasteiger partial charge in [-0.2, -0.15) is 5.06 Å². The van der Waals surface area contributed by atoms with E-state index in [1.165, 1.54) is 11.2 Å². The number of fused-ring (bicyclic) bond motifs is 4. The topological polar surface area (TPSA) is 156 Å². The number of hydrogen-bond acceptors (Lipinski definition) is 11. The molecule has 1 saturated carbocycles. The van der Waals surface area contributed by atoms with Gasteiger partial charge in [0, 0.05) is 39.3 Å². The van der Waals surface area contributed by atoms with Crippen LogP contribution in [0.5, 0.6) is 0 Å². The number of rotatable bonds is 21. The van der Waals surface area contributed by atoms with Crippen molar-refractivity contribution in [1.29, 1.82) is 0 Å². The molecule has 3 saturated heterocycles. The highest BCUT2D eigenvalue weighted by Crippen LogP contribution is 2.58. The molecule has 2 amide bonds. The molecule has 13 heteroatoms. The molecule has 2 bridgehead atoms. The van der Waals surface area contributed by atoms with Gasteiger partial charge in [0.05, 0.1) is 26.0 Å². The summed E-state index contributed by atoms with van der Waals surface area (Å²) < 4.78 is 25.4. The van der Waals surface area contributed by atoms with Gasteiger partial charge in [-0.15, -0.1) is 0 Å². The number of unbranched alkanes of at least 4 members (excludes halogenated alkanes) is 4. The maximum atomic E-state index is 15.5. The zero-order chi connectivity index (χ0) is 39.7. The maximum absolute atomic E-state index is 15.5. The number of benzene rings is 2. The van der Waals surface area contributed by atoms with Crippen LogP contribution in [0, 0.1) is 5.41 Å². The third kappa shape index (κ3) is 8.83. The number of hydroxylamine groups is 2. The van der Waals surface area contributed by atoms with Gasteiger partial charge in [0.2, 0.25) is 11.8 Å². The number of nitrogens with one attached hydrogen (secondary N) is 1. The van der Waals surface area contributed by atoms with Crippen LogP contribution in [0.25, 0.3) is 6.08 Å². The van der Waals surface area contributed by atoms with E-state index in [-0.39, 0.29) is 45.8 Å². The summed E-state index contributed by atoms with van der Waals surface area (Å²) in [6, 6.07) is 15.0. The summed E-state index contributed by atoms with van der Waals surface area (Å²) >= 11 is 0. The van der Waals surface area contributed by atoms with E-state index >= 15 is 4.79 Å². The lowest BCUT2D eigenvalue weighted by Gasteiger charge is -2.50. The Morgan fingerprint density at radius 2 is 1.66 bits per heavy atom. The summed E-state index contributed by atoms with van der Waals surface area (Å²) in [6.45, 7) is 4.39. The summed E-state index contributed by atoms with van der Waals surface area (Å²) in [4.78, 5) is 51.9. The number of amides is 2. The number of aliphatic hydroxyl groups excluding tert-OH is 2. The Hall–Kier alpha value is -3.85. The van der Waals surface area contributed by atoms with Gasteiger partial charge in [-0.3, -0.25) is 19.2 Å². The number of esters is 1. The van der Waals surface area contributed by atoms with Crippen molar-refractivity contribution in [3.8, 4) is 0 Å². The molecular formula is C43H59N3O10. The highest BCUT2D eigenvalue weighted by molar-refractivity contribution is 5.96. The number of ether oxygens (including phenoxy) is 4. The van der Waals surface area contributed by atoms with E-state index in [0.29, 0.717) is 12.8 Å². The Kier molecular flexibility index (Phi) is 14.2. The average molecular weight is 778 g/mol. The van der Waals surface area contributed by atoms with Gasteiger partial charge >= 0.3 is 5.97 Å². The second kappa shape index (κ2) is 19.1. The lowest BCUT2D eigenvalue weighted by atomic mass is 9.62. The third-order valence-corrected chi connectivity index (χ3v) is 11.6. The normalized spacial score (nSPS) is 26.8. The molecule has 0 radical (unpaired) electrons. The van der Waals surface area contributed by atoms with E-state index in [0.717, 1.165) is 55.2 Å². The average Bonchev–Trinajstić information content (AvgIpc) is 3.76. The molecule has 0 spiro atoms. The van der Waals surface area contributed by atoms with Crippen molar-refractivity contribution in [3.63, 3.8) is 0 Å². The predicted molar refractivity (Wildman–Crippen MR) is 207 cm³/mol. The van der Waals surface area contributed by atoms with Gasteiger partial charge in [-0.1, -0.05) is 94.1 Å². The summed E-state index contributed by atoms with van der Waals surface area (Å²) in [6.07, 6.45) is 7.95. The number of carbonyl (C=O) groups excluding carboxylic acids is 3. The van der Waals surface area contributed by atoms with Crippen molar-refractivity contribution in [3.05, 3.63) is 77.5 Å². The van der Waals surface area contributed by atoms with Crippen LogP contribution < -0.4 is 5.32 Å². The first-order chi connectivity index (χ1) is 27.2. The molecule has 3 heterocycles. The third-order valence-electron chi connectivity index (χ3n) is 11.6. The second-order valence-electron chi connectivity index (χ2n) is 15.5. The summed E-state index contributed by atoms with van der Waals surface area (Å²) in [7, 11) is 1.61. The van der Waals surface area contributed by atoms with Crippen LogP contribution in [0.2, 0.25) is 0 Å². The van der Waals surface area contributed by atoms with Crippen molar-refractivity contribution >= 4 is 23.9 Å². The van der Waals surface area contributed by atoms with Gasteiger partial charge in [-0.25, -0.2) is 0 Å². The zero-order valence-corrected chi connectivity index (χ0v) is 33.0. The molecule has 2 aromatic carbocycles. The molecule has 1 aliphatic carbocycles. The molecule has 2 aromatic rings. The van der Waals surface area contributed by atoms with Crippen molar-refractivity contribution in [2.45, 2.75) is 127 Å². The fourth-order valence-corrected chi connectivity index (χ4v) is 8.85. The minimum absolute atomic E-state index is 0.0329. The number of carbonyl (C=O) groups is 3. The molecule has 3 aliphatic heterocycles. The summed E-state index contributed by atoms with van der Waals surface area (Å²) in [5.41, 5.74) is 1.11. The van der Waals surface area contributed by atoms with Gasteiger partial charge in [0.1, 0.15) is 42.5 Å². The van der Waals surface area contributed by atoms with Gasteiger partial charge in [0.15, 0.2) is 11.8 Å². The highest BCUT2D eigenvalue weighted by Gasteiger charge is 2.76. The maximum Gasteiger partial charge on any atom is 0.327 e. The first kappa shape index (κ1) is 41.8. The summed E-state index contributed by atoms with van der Waals surface area (Å²) in [5.74, 6) is -2.30. The Bertz CT molecular complexity index is 1630. The van der Waals surface area contributed by atoms with Crippen molar-refractivity contribution in [1.82, 2.24) is 15.3 Å². The van der Waals surface area contributed by atoms with Gasteiger partial charge < -0.3 is 39.4 Å². The van der Waals surface area contributed by atoms with Crippen LogP contribution in [0.1, 0.15) is 88.3 Å². The Morgan fingerprint density at radius 1 is 0.964 bits per heavy atom. The van der Waals surface area contributed by atoms with Crippen LogP contribution in [0.15, 0.2) is 60.9 Å². The molecule has 4 aliphatic rings. The van der Waals surface area contributed by atoms with Crippen molar-refractivity contribution in [2.24, 2.45) is 5.41 Å². The molecule has 7 unspecified atom stereocenters. The minimum atomic E-state index is -1.46. The van der Waals surface area contributed by atoms with E-state index < -0.39 is 65.5 Å². The fourth-order valence-electron chi connectivity index (χ4n) is 8.85. The Balaban J connectivity index is 1.37. The lowest BCUT2D eigenvalue weighted by Crippen LogP contribution is -2.70. The Morgan fingerprint density at radius 3 is 2.32 bits per heavy atom. The van der Waals surface area contributed by atoms with E-state index in [4.69, 9.17) is 28.9 Å². The molecule has 7 atom stereocenters. The standard InChI is InChI=1S/C43H59N3O10/c1-4-6-11-20-42(21-12-7-5-2)54-35-34-28-43(41(51)45(3)33(39(49)44-22-23-47)27-31-13-9-8-10-14-31)37(40(50)53-34)46(56-38(43)36(35)55-42)29-32-17-15-30(16-18-32)19-25-52-26-24-48/h8-10,13-19,25,33-38,47-48H,4-7,11-12,20-24,26-29H2,1-3H3,(H,44,49). The molecule has 13 nitrogen and oxygen atoms in total. The van der Waals surface area contributed by atoms with Crippen LogP contribution in [0.3, 0.4) is 0 Å². The molecule has 4 fully saturated rings.